The summed E-state index contributed by atoms with van der Waals surface area (Å²) >= 11 is 0. The Labute approximate surface area is 153 Å². The second-order valence-corrected chi connectivity index (χ2v) is 6.40. The van der Waals surface area contributed by atoms with Crippen molar-refractivity contribution >= 4 is 23.4 Å². The average Bonchev–Trinajstić information content (AvgIpc) is 3.09. The number of anilines is 2. The molecule has 0 fully saturated rings. The van der Waals surface area contributed by atoms with Gasteiger partial charge in [-0.15, -0.1) is 0 Å². The third kappa shape index (κ3) is 4.62. The second-order valence-electron chi connectivity index (χ2n) is 6.40. The van der Waals surface area contributed by atoms with E-state index in [0.29, 0.717) is 11.4 Å². The molecule has 1 amide bonds. The molecule has 140 valence electrons. The lowest BCUT2D eigenvalue weighted by molar-refractivity contribution is -0.123. The summed E-state index contributed by atoms with van der Waals surface area (Å²) < 4.78 is 7.02. The van der Waals surface area contributed by atoms with Gasteiger partial charge in [-0.1, -0.05) is 6.92 Å². The zero-order valence-corrected chi connectivity index (χ0v) is 15.9. The molecule has 1 heterocycles. The first kappa shape index (κ1) is 19.5. The first-order valence-electron chi connectivity index (χ1n) is 8.66. The molecule has 0 spiro atoms. The molecule has 0 aliphatic rings. The maximum absolute atomic E-state index is 12.3. The topological polar surface area (TPSA) is 76.5 Å². The molecule has 0 aliphatic heterocycles. The number of benzene rings is 1. The number of aromatic nitrogens is 2. The van der Waals surface area contributed by atoms with Crippen LogP contribution in [0.15, 0.2) is 36.5 Å². The van der Waals surface area contributed by atoms with Crippen molar-refractivity contribution in [2.75, 3.05) is 24.3 Å². The summed E-state index contributed by atoms with van der Waals surface area (Å²) in [7, 11) is 3.84. The fourth-order valence-corrected chi connectivity index (χ4v) is 2.34. The number of ether oxygens (including phenoxy) is 1. The highest BCUT2D eigenvalue weighted by Crippen LogP contribution is 2.17. The Morgan fingerprint density at radius 1 is 1.19 bits per heavy atom. The maximum Gasteiger partial charge on any atom is 0.338 e. The monoisotopic (exact) mass is 358 g/mol. The van der Waals surface area contributed by atoms with Gasteiger partial charge in [-0.2, -0.15) is 5.10 Å². The summed E-state index contributed by atoms with van der Waals surface area (Å²) in [4.78, 5) is 26.5. The number of amides is 1. The molecule has 7 heteroatoms. The predicted octanol–water partition coefficient (Wildman–Crippen LogP) is 3.10. The number of hydrogen-bond donors (Lipinski definition) is 1. The summed E-state index contributed by atoms with van der Waals surface area (Å²) in [6.07, 6.45) is 1.60. The Bertz CT molecular complexity index is 752. The van der Waals surface area contributed by atoms with Crippen molar-refractivity contribution < 1.29 is 14.3 Å². The fraction of sp³-hybridized carbons (Fsp3) is 0.421. The molecule has 2 atom stereocenters. The predicted molar refractivity (Wildman–Crippen MR) is 102 cm³/mol. The van der Waals surface area contributed by atoms with Crippen LogP contribution in [-0.4, -0.2) is 41.9 Å². The normalized spacial score (nSPS) is 13.0. The number of carbonyl (C=O) groups excluding carboxylic acids is 2. The summed E-state index contributed by atoms with van der Waals surface area (Å²) in [6, 6.07) is 8.89. The van der Waals surface area contributed by atoms with Gasteiger partial charge < -0.3 is 15.0 Å². The van der Waals surface area contributed by atoms with E-state index in [-0.39, 0.29) is 6.04 Å². The van der Waals surface area contributed by atoms with E-state index in [4.69, 9.17) is 4.74 Å². The van der Waals surface area contributed by atoms with Crippen LogP contribution in [0.4, 0.5) is 11.5 Å². The zero-order valence-electron chi connectivity index (χ0n) is 15.9. The lowest BCUT2D eigenvalue weighted by Crippen LogP contribution is -2.31. The largest absolute Gasteiger partial charge is 0.449 e. The molecule has 0 saturated heterocycles. The van der Waals surface area contributed by atoms with Gasteiger partial charge in [-0.25, -0.2) is 9.48 Å². The molecule has 0 bridgehead atoms. The van der Waals surface area contributed by atoms with Crippen molar-refractivity contribution in [1.29, 1.82) is 0 Å². The van der Waals surface area contributed by atoms with E-state index < -0.39 is 18.0 Å². The molecule has 2 aromatic rings. The minimum atomic E-state index is -0.920. The Kier molecular flexibility index (Phi) is 6.38. The van der Waals surface area contributed by atoms with E-state index in [2.05, 4.69) is 10.4 Å². The minimum Gasteiger partial charge on any atom is -0.449 e. The molecular formula is C19H26N4O3. The van der Waals surface area contributed by atoms with Crippen LogP contribution in [0.3, 0.4) is 0 Å². The van der Waals surface area contributed by atoms with Gasteiger partial charge in [0.05, 0.1) is 17.8 Å². The molecular weight excluding hydrogens is 332 g/mol. The van der Waals surface area contributed by atoms with Gasteiger partial charge >= 0.3 is 5.97 Å². The number of carbonyl (C=O) groups is 2. The van der Waals surface area contributed by atoms with Gasteiger partial charge in [-0.3, -0.25) is 4.79 Å². The highest BCUT2D eigenvalue weighted by Gasteiger charge is 2.21. The van der Waals surface area contributed by atoms with Gasteiger partial charge in [0.1, 0.15) is 5.82 Å². The van der Waals surface area contributed by atoms with E-state index >= 15 is 0 Å². The third-order valence-electron chi connectivity index (χ3n) is 4.20. The van der Waals surface area contributed by atoms with E-state index in [1.807, 2.05) is 45.0 Å². The first-order chi connectivity index (χ1) is 12.3. The molecule has 0 saturated carbocycles. The average molecular weight is 358 g/mol. The number of rotatable bonds is 7. The molecule has 7 nitrogen and oxygen atoms in total. The molecule has 26 heavy (non-hydrogen) atoms. The molecule has 0 radical (unpaired) electrons. The van der Waals surface area contributed by atoms with E-state index in [1.165, 1.54) is 0 Å². The van der Waals surface area contributed by atoms with Gasteiger partial charge in [0.2, 0.25) is 0 Å². The summed E-state index contributed by atoms with van der Waals surface area (Å²) in [6.45, 7) is 5.61. The van der Waals surface area contributed by atoms with Gasteiger partial charge in [-0.05, 0) is 44.5 Å². The first-order valence-corrected chi connectivity index (χ1v) is 8.66. The Hall–Kier alpha value is -2.83. The van der Waals surface area contributed by atoms with Crippen molar-refractivity contribution in [3.05, 3.63) is 42.1 Å². The molecule has 2 rings (SSSR count). The van der Waals surface area contributed by atoms with Crippen LogP contribution < -0.4 is 10.2 Å². The van der Waals surface area contributed by atoms with Crippen LogP contribution in [-0.2, 0) is 9.53 Å². The molecule has 0 unspecified atom stereocenters. The molecule has 1 N–H and O–H groups in total. The lowest BCUT2D eigenvalue weighted by Gasteiger charge is -2.17. The number of nitrogens with zero attached hydrogens (tertiary/aromatic N) is 3. The number of nitrogens with one attached hydrogen (secondary N) is 1. The highest BCUT2D eigenvalue weighted by molar-refractivity contribution is 5.97. The van der Waals surface area contributed by atoms with E-state index in [1.54, 1.807) is 36.0 Å². The second kappa shape index (κ2) is 8.51. The Morgan fingerprint density at radius 3 is 2.42 bits per heavy atom. The van der Waals surface area contributed by atoms with Crippen molar-refractivity contribution in [2.45, 2.75) is 39.3 Å². The van der Waals surface area contributed by atoms with Crippen LogP contribution in [0.1, 0.15) is 43.6 Å². The van der Waals surface area contributed by atoms with Crippen molar-refractivity contribution in [1.82, 2.24) is 9.78 Å². The van der Waals surface area contributed by atoms with Gasteiger partial charge in [0.15, 0.2) is 6.10 Å². The Balaban J connectivity index is 1.98. The standard InChI is InChI=1S/C19H26N4O3/c1-6-13(2)23-17(11-12-20-23)21-18(24)14(3)26-19(25)15-7-9-16(10-8-15)22(4)5/h7-14H,6H2,1-5H3,(H,21,24)/t13-,14-/m1/s1. The Morgan fingerprint density at radius 2 is 1.85 bits per heavy atom. The van der Waals surface area contributed by atoms with Crippen LogP contribution >= 0.6 is 0 Å². The smallest absolute Gasteiger partial charge is 0.338 e. The van der Waals surface area contributed by atoms with E-state index in [9.17, 15) is 9.59 Å². The minimum absolute atomic E-state index is 0.161. The van der Waals surface area contributed by atoms with E-state index in [0.717, 1.165) is 12.1 Å². The molecule has 0 aliphatic carbocycles. The van der Waals surface area contributed by atoms with Crippen LogP contribution in [0, 0.1) is 0 Å². The highest BCUT2D eigenvalue weighted by atomic mass is 16.5. The number of esters is 1. The zero-order chi connectivity index (χ0) is 19.3. The fourth-order valence-electron chi connectivity index (χ4n) is 2.34. The van der Waals surface area contributed by atoms with Crippen LogP contribution in [0.2, 0.25) is 0 Å². The van der Waals surface area contributed by atoms with Crippen molar-refractivity contribution in [3.63, 3.8) is 0 Å². The van der Waals surface area contributed by atoms with Gasteiger partial charge in [0, 0.05) is 25.8 Å². The number of hydrogen-bond acceptors (Lipinski definition) is 5. The molecule has 1 aromatic heterocycles. The quantitative estimate of drug-likeness (QED) is 0.770. The summed E-state index contributed by atoms with van der Waals surface area (Å²) in [5.41, 5.74) is 1.38. The van der Waals surface area contributed by atoms with Crippen LogP contribution in [0.25, 0.3) is 0 Å². The van der Waals surface area contributed by atoms with Gasteiger partial charge in [0.25, 0.3) is 5.91 Å². The molecule has 1 aromatic carbocycles. The maximum atomic E-state index is 12.3. The lowest BCUT2D eigenvalue weighted by atomic mass is 10.2. The van der Waals surface area contributed by atoms with Crippen LogP contribution in [0.5, 0.6) is 0 Å². The van der Waals surface area contributed by atoms with Crippen molar-refractivity contribution in [3.8, 4) is 0 Å². The summed E-state index contributed by atoms with van der Waals surface area (Å²) in [5.74, 6) is -0.343. The SMILES string of the molecule is CC[C@@H](C)n1nccc1NC(=O)[C@@H](C)OC(=O)c1ccc(N(C)C)cc1. The summed E-state index contributed by atoms with van der Waals surface area (Å²) in [5, 5.41) is 6.98. The van der Waals surface area contributed by atoms with Crippen molar-refractivity contribution in [2.24, 2.45) is 0 Å². The third-order valence-corrected chi connectivity index (χ3v) is 4.20.